The topological polar surface area (TPSA) is 61.3 Å². The molecule has 3 aromatic rings. The summed E-state index contributed by atoms with van der Waals surface area (Å²) in [6.07, 6.45) is 0. The molecule has 0 radical (unpaired) electrons. The quantitative estimate of drug-likeness (QED) is 0.539. The monoisotopic (exact) mass is 382 g/mol. The lowest BCUT2D eigenvalue weighted by Gasteiger charge is -2.14. The van der Waals surface area contributed by atoms with E-state index >= 15 is 0 Å². The number of aryl methyl sites for hydroxylation is 1. The highest BCUT2D eigenvalue weighted by atomic mass is 35.5. The van der Waals surface area contributed by atoms with Crippen molar-refractivity contribution in [3.63, 3.8) is 0 Å². The Morgan fingerprint density at radius 1 is 1.00 bits per heavy atom. The number of para-hydroxylation sites is 1. The second-order valence-electron chi connectivity index (χ2n) is 6.34. The van der Waals surface area contributed by atoms with E-state index in [1.165, 1.54) is 6.07 Å². The number of carbonyl (C=O) groups excluding carboxylic acids is 1. The standard InChI is InChI=1S/C21H19ClN2O3/c1-13(2)15-9-6-7-11-17(15)26-20-18(12-19(22)23-24-20)27-21(25)16-10-5-4-8-14(16)3/h4-13H,1-3H3. The maximum atomic E-state index is 12.6. The molecule has 138 valence electrons. The highest BCUT2D eigenvalue weighted by Gasteiger charge is 2.18. The first-order valence-electron chi connectivity index (χ1n) is 8.53. The molecule has 0 aliphatic rings. The van der Waals surface area contributed by atoms with Crippen LogP contribution in [-0.4, -0.2) is 16.2 Å². The molecule has 0 unspecified atom stereocenters. The van der Waals surface area contributed by atoms with Crippen molar-refractivity contribution in [2.24, 2.45) is 0 Å². The van der Waals surface area contributed by atoms with Gasteiger partial charge in [0.1, 0.15) is 5.75 Å². The van der Waals surface area contributed by atoms with Crippen LogP contribution in [0.5, 0.6) is 17.4 Å². The molecule has 1 aromatic heterocycles. The van der Waals surface area contributed by atoms with Gasteiger partial charge in [0.15, 0.2) is 10.9 Å². The zero-order valence-corrected chi connectivity index (χ0v) is 16.0. The Labute approximate surface area is 162 Å². The highest BCUT2D eigenvalue weighted by Crippen LogP contribution is 2.35. The summed E-state index contributed by atoms with van der Waals surface area (Å²) in [4.78, 5) is 12.6. The van der Waals surface area contributed by atoms with E-state index < -0.39 is 5.97 Å². The number of rotatable bonds is 5. The van der Waals surface area contributed by atoms with Gasteiger partial charge in [-0.3, -0.25) is 0 Å². The zero-order chi connectivity index (χ0) is 19.4. The van der Waals surface area contributed by atoms with Crippen molar-refractivity contribution < 1.29 is 14.3 Å². The molecule has 6 heteroatoms. The summed E-state index contributed by atoms with van der Waals surface area (Å²) < 4.78 is 11.4. The zero-order valence-electron chi connectivity index (χ0n) is 15.3. The molecule has 0 amide bonds. The van der Waals surface area contributed by atoms with Crippen LogP contribution >= 0.6 is 11.6 Å². The smallest absolute Gasteiger partial charge is 0.343 e. The van der Waals surface area contributed by atoms with Gasteiger partial charge in [0.25, 0.3) is 5.88 Å². The van der Waals surface area contributed by atoms with Gasteiger partial charge in [-0.1, -0.05) is 61.8 Å². The molecule has 0 saturated carbocycles. The van der Waals surface area contributed by atoms with Gasteiger partial charge < -0.3 is 9.47 Å². The first-order valence-corrected chi connectivity index (χ1v) is 8.91. The summed E-state index contributed by atoms with van der Waals surface area (Å²) in [5.41, 5.74) is 2.27. The van der Waals surface area contributed by atoms with Crippen molar-refractivity contribution in [2.75, 3.05) is 0 Å². The van der Waals surface area contributed by atoms with Crippen LogP contribution in [0.2, 0.25) is 5.15 Å². The van der Waals surface area contributed by atoms with Gasteiger partial charge in [-0.25, -0.2) is 4.79 Å². The van der Waals surface area contributed by atoms with E-state index in [0.717, 1.165) is 11.1 Å². The van der Waals surface area contributed by atoms with Gasteiger partial charge in [-0.05, 0) is 36.1 Å². The minimum Gasteiger partial charge on any atom is -0.435 e. The van der Waals surface area contributed by atoms with E-state index in [1.807, 2.05) is 43.3 Å². The van der Waals surface area contributed by atoms with E-state index in [1.54, 1.807) is 12.1 Å². The average Bonchev–Trinajstić information content (AvgIpc) is 2.64. The lowest BCUT2D eigenvalue weighted by molar-refractivity contribution is 0.0728. The van der Waals surface area contributed by atoms with Crippen molar-refractivity contribution >= 4 is 17.6 Å². The molecular weight excluding hydrogens is 364 g/mol. The first-order chi connectivity index (χ1) is 13.0. The van der Waals surface area contributed by atoms with Crippen molar-refractivity contribution in [3.05, 3.63) is 76.4 Å². The van der Waals surface area contributed by atoms with Gasteiger partial charge in [0, 0.05) is 6.07 Å². The Kier molecular flexibility index (Phi) is 5.72. The van der Waals surface area contributed by atoms with Gasteiger partial charge in [0.05, 0.1) is 5.56 Å². The van der Waals surface area contributed by atoms with Crippen molar-refractivity contribution in [1.29, 1.82) is 0 Å². The second-order valence-corrected chi connectivity index (χ2v) is 6.72. The third kappa shape index (κ3) is 4.44. The molecule has 0 spiro atoms. The minimum absolute atomic E-state index is 0.0782. The molecule has 0 aliphatic heterocycles. The predicted molar refractivity (Wildman–Crippen MR) is 104 cm³/mol. The average molecular weight is 383 g/mol. The van der Waals surface area contributed by atoms with Crippen LogP contribution in [0.15, 0.2) is 54.6 Å². The Hall–Kier alpha value is -2.92. The van der Waals surface area contributed by atoms with Gasteiger partial charge >= 0.3 is 5.97 Å². The van der Waals surface area contributed by atoms with Crippen LogP contribution in [0.1, 0.15) is 41.3 Å². The molecule has 3 rings (SSSR count). The number of aromatic nitrogens is 2. The van der Waals surface area contributed by atoms with E-state index in [-0.39, 0.29) is 22.7 Å². The number of ether oxygens (including phenoxy) is 2. The number of hydrogen-bond acceptors (Lipinski definition) is 5. The van der Waals surface area contributed by atoms with Gasteiger partial charge in [0.2, 0.25) is 0 Å². The fourth-order valence-corrected chi connectivity index (χ4v) is 2.73. The minimum atomic E-state index is -0.515. The number of halogens is 1. The van der Waals surface area contributed by atoms with Crippen LogP contribution in [0.3, 0.4) is 0 Å². The fraction of sp³-hybridized carbons (Fsp3) is 0.190. The summed E-state index contributed by atoms with van der Waals surface area (Å²) in [6.45, 7) is 5.97. The molecule has 0 atom stereocenters. The fourth-order valence-electron chi connectivity index (χ4n) is 2.60. The molecule has 0 N–H and O–H groups in total. The molecular formula is C21H19ClN2O3. The molecule has 0 aliphatic carbocycles. The summed E-state index contributed by atoms with van der Waals surface area (Å²) in [6, 6.07) is 16.2. The summed E-state index contributed by atoms with van der Waals surface area (Å²) in [5, 5.41) is 7.87. The highest BCUT2D eigenvalue weighted by molar-refractivity contribution is 6.29. The Morgan fingerprint density at radius 2 is 1.70 bits per heavy atom. The Balaban J connectivity index is 1.93. The third-order valence-electron chi connectivity index (χ3n) is 4.01. The molecule has 0 fully saturated rings. The van der Waals surface area contributed by atoms with Crippen molar-refractivity contribution in [1.82, 2.24) is 10.2 Å². The van der Waals surface area contributed by atoms with Crippen molar-refractivity contribution in [2.45, 2.75) is 26.7 Å². The summed E-state index contributed by atoms with van der Waals surface area (Å²) in [7, 11) is 0. The largest absolute Gasteiger partial charge is 0.435 e. The van der Waals surface area contributed by atoms with E-state index in [0.29, 0.717) is 11.3 Å². The maximum absolute atomic E-state index is 12.6. The van der Waals surface area contributed by atoms with Crippen LogP contribution in [0, 0.1) is 6.92 Å². The number of carbonyl (C=O) groups is 1. The van der Waals surface area contributed by atoms with E-state index in [9.17, 15) is 4.79 Å². The molecule has 2 aromatic carbocycles. The Morgan fingerprint density at radius 3 is 2.44 bits per heavy atom. The molecule has 1 heterocycles. The number of hydrogen-bond donors (Lipinski definition) is 0. The number of nitrogens with zero attached hydrogens (tertiary/aromatic N) is 2. The van der Waals surface area contributed by atoms with Crippen LogP contribution in [0.25, 0.3) is 0 Å². The second kappa shape index (κ2) is 8.18. The molecule has 0 saturated heterocycles. The van der Waals surface area contributed by atoms with Crippen molar-refractivity contribution in [3.8, 4) is 17.4 Å². The van der Waals surface area contributed by atoms with E-state index in [4.69, 9.17) is 21.1 Å². The lowest BCUT2D eigenvalue weighted by atomic mass is 10.0. The third-order valence-corrected chi connectivity index (χ3v) is 4.20. The summed E-state index contributed by atoms with van der Waals surface area (Å²) in [5.74, 6) is 0.548. The normalized spacial score (nSPS) is 10.7. The first kappa shape index (κ1) is 18.9. The lowest BCUT2D eigenvalue weighted by Crippen LogP contribution is -2.11. The van der Waals surface area contributed by atoms with Gasteiger partial charge in [-0.15, -0.1) is 10.2 Å². The maximum Gasteiger partial charge on any atom is 0.343 e. The van der Waals surface area contributed by atoms with E-state index in [2.05, 4.69) is 24.0 Å². The van der Waals surface area contributed by atoms with Crippen LogP contribution in [0.4, 0.5) is 0 Å². The van der Waals surface area contributed by atoms with Gasteiger partial charge in [-0.2, -0.15) is 0 Å². The Bertz CT molecular complexity index is 973. The predicted octanol–water partition coefficient (Wildman–Crippen LogP) is 5.57. The van der Waals surface area contributed by atoms with Crippen LogP contribution in [-0.2, 0) is 0 Å². The SMILES string of the molecule is Cc1ccccc1C(=O)Oc1cc(Cl)nnc1Oc1ccccc1C(C)C. The number of esters is 1. The molecule has 0 bridgehead atoms. The number of benzene rings is 2. The molecule has 27 heavy (non-hydrogen) atoms. The molecule has 5 nitrogen and oxygen atoms in total. The van der Waals surface area contributed by atoms with Crippen LogP contribution < -0.4 is 9.47 Å². The summed E-state index contributed by atoms with van der Waals surface area (Å²) >= 11 is 5.94.